The zero-order chi connectivity index (χ0) is 11.1. The van der Waals surface area contributed by atoms with Gasteiger partial charge in [-0.05, 0) is 18.9 Å². The predicted octanol–water partition coefficient (Wildman–Crippen LogP) is 1.35. The number of aliphatic carboxylic acids is 1. The summed E-state index contributed by atoms with van der Waals surface area (Å²) in [5, 5.41) is 8.28. The molecule has 1 N–H and O–H groups in total. The lowest BCUT2D eigenvalue weighted by Gasteiger charge is -1.98. The van der Waals surface area contributed by atoms with Gasteiger partial charge in [0, 0.05) is 12.8 Å². The van der Waals surface area contributed by atoms with Crippen LogP contribution in [0.5, 0.6) is 0 Å². The van der Waals surface area contributed by atoms with Gasteiger partial charge >= 0.3 is 5.97 Å². The van der Waals surface area contributed by atoms with Crippen molar-refractivity contribution in [3.8, 4) is 0 Å². The summed E-state index contributed by atoms with van der Waals surface area (Å²) in [5.41, 5.74) is 0.468. The van der Waals surface area contributed by atoms with Gasteiger partial charge in [-0.2, -0.15) is 0 Å². The molecule has 0 saturated carbocycles. The lowest BCUT2D eigenvalue weighted by atomic mass is 10.1. The van der Waals surface area contributed by atoms with Crippen molar-refractivity contribution in [2.45, 2.75) is 32.6 Å². The van der Waals surface area contributed by atoms with Gasteiger partial charge in [0.15, 0.2) is 5.78 Å². The van der Waals surface area contributed by atoms with Gasteiger partial charge in [-0.15, -0.1) is 0 Å². The molecule has 0 rings (SSSR count). The Hall–Kier alpha value is -1.45. The molecule has 0 aromatic heterocycles. The standard InChI is InChI=1S/C10H14O4/c1-7(2)9(12)5-3-4-8(11)6-10(13)14/h1,3-6H2,2H3,(H,13,14). The summed E-state index contributed by atoms with van der Waals surface area (Å²) in [6.07, 6.45) is 0.352. The molecule has 0 unspecified atom stereocenters. The van der Waals surface area contributed by atoms with Gasteiger partial charge in [-0.3, -0.25) is 14.4 Å². The fraction of sp³-hybridized carbons (Fsp3) is 0.500. The molecule has 78 valence electrons. The molecule has 0 saturated heterocycles. The molecule has 0 spiro atoms. The largest absolute Gasteiger partial charge is 0.481 e. The van der Waals surface area contributed by atoms with Crippen LogP contribution in [-0.4, -0.2) is 22.6 Å². The van der Waals surface area contributed by atoms with E-state index >= 15 is 0 Å². The van der Waals surface area contributed by atoms with E-state index in [1.807, 2.05) is 0 Å². The molecule has 0 aliphatic heterocycles. The number of hydrogen-bond acceptors (Lipinski definition) is 3. The molecule has 0 fully saturated rings. The SMILES string of the molecule is C=C(C)C(=O)CCCC(=O)CC(=O)O. The molecule has 0 aliphatic rings. The number of carboxylic acid groups (broad SMARTS) is 1. The van der Waals surface area contributed by atoms with Crippen molar-refractivity contribution >= 4 is 17.5 Å². The van der Waals surface area contributed by atoms with Gasteiger partial charge in [0.1, 0.15) is 12.2 Å². The second kappa shape index (κ2) is 6.07. The molecule has 0 aliphatic carbocycles. The Kier molecular flexibility index (Phi) is 5.44. The van der Waals surface area contributed by atoms with Crippen LogP contribution in [0.1, 0.15) is 32.6 Å². The maximum absolute atomic E-state index is 11.0. The van der Waals surface area contributed by atoms with Crippen molar-refractivity contribution in [3.05, 3.63) is 12.2 Å². The van der Waals surface area contributed by atoms with Gasteiger partial charge in [0.25, 0.3) is 0 Å². The third kappa shape index (κ3) is 6.11. The first-order valence-electron chi connectivity index (χ1n) is 4.35. The van der Waals surface area contributed by atoms with E-state index in [0.717, 1.165) is 0 Å². The quantitative estimate of drug-likeness (QED) is 0.495. The van der Waals surface area contributed by atoms with Crippen LogP contribution in [0, 0.1) is 0 Å². The number of allylic oxidation sites excluding steroid dienone is 1. The minimum atomic E-state index is -1.12. The normalized spacial score (nSPS) is 9.50. The molecule has 0 atom stereocenters. The molecule has 0 bridgehead atoms. The summed E-state index contributed by atoms with van der Waals surface area (Å²) in [7, 11) is 0. The summed E-state index contributed by atoms with van der Waals surface area (Å²) in [4.78, 5) is 32.0. The maximum atomic E-state index is 11.0. The smallest absolute Gasteiger partial charge is 0.310 e. The number of carboxylic acids is 1. The topological polar surface area (TPSA) is 71.4 Å². The molecular formula is C10H14O4. The van der Waals surface area contributed by atoms with Gasteiger partial charge in [-0.1, -0.05) is 6.58 Å². The Bertz CT molecular complexity index is 265. The van der Waals surface area contributed by atoms with Crippen molar-refractivity contribution in [2.24, 2.45) is 0 Å². The van der Waals surface area contributed by atoms with Gasteiger partial charge in [0.05, 0.1) is 0 Å². The number of carbonyl (C=O) groups is 3. The summed E-state index contributed by atoms with van der Waals surface area (Å²) in [6.45, 7) is 5.09. The zero-order valence-corrected chi connectivity index (χ0v) is 8.21. The lowest BCUT2D eigenvalue weighted by molar-refractivity contribution is -0.140. The van der Waals surface area contributed by atoms with Crippen molar-refractivity contribution in [1.29, 1.82) is 0 Å². The number of ketones is 2. The number of hydrogen-bond donors (Lipinski definition) is 1. The molecular weight excluding hydrogens is 184 g/mol. The highest BCUT2D eigenvalue weighted by atomic mass is 16.4. The van der Waals surface area contributed by atoms with E-state index in [4.69, 9.17) is 5.11 Å². The van der Waals surface area contributed by atoms with Gasteiger partial charge in [-0.25, -0.2) is 0 Å². The highest BCUT2D eigenvalue weighted by Gasteiger charge is 2.09. The van der Waals surface area contributed by atoms with Crippen LogP contribution in [0.4, 0.5) is 0 Å². The highest BCUT2D eigenvalue weighted by Crippen LogP contribution is 2.04. The van der Waals surface area contributed by atoms with E-state index < -0.39 is 12.4 Å². The maximum Gasteiger partial charge on any atom is 0.310 e. The molecule has 0 aromatic rings. The van der Waals surface area contributed by atoms with Crippen molar-refractivity contribution in [2.75, 3.05) is 0 Å². The molecule has 14 heavy (non-hydrogen) atoms. The first kappa shape index (κ1) is 12.6. The van der Waals surface area contributed by atoms with Crippen molar-refractivity contribution in [1.82, 2.24) is 0 Å². The Balaban J connectivity index is 3.64. The monoisotopic (exact) mass is 198 g/mol. The predicted molar refractivity (Wildman–Crippen MR) is 50.9 cm³/mol. The lowest BCUT2D eigenvalue weighted by Crippen LogP contribution is -2.07. The summed E-state index contributed by atoms with van der Waals surface area (Å²) in [5.74, 6) is -1.54. The number of carbonyl (C=O) groups excluding carboxylic acids is 2. The number of rotatable bonds is 7. The summed E-state index contributed by atoms with van der Waals surface area (Å²) in [6, 6.07) is 0. The fourth-order valence-electron chi connectivity index (χ4n) is 0.917. The van der Waals surface area contributed by atoms with Crippen LogP contribution in [0.2, 0.25) is 0 Å². The van der Waals surface area contributed by atoms with E-state index in [1.165, 1.54) is 0 Å². The molecule has 0 radical (unpaired) electrons. The Morgan fingerprint density at radius 2 is 1.79 bits per heavy atom. The second-order valence-electron chi connectivity index (χ2n) is 3.17. The van der Waals surface area contributed by atoms with E-state index in [2.05, 4.69) is 6.58 Å². The first-order chi connectivity index (χ1) is 6.43. The fourth-order valence-corrected chi connectivity index (χ4v) is 0.917. The van der Waals surface area contributed by atoms with Crippen LogP contribution in [0.3, 0.4) is 0 Å². The van der Waals surface area contributed by atoms with Crippen molar-refractivity contribution in [3.63, 3.8) is 0 Å². The minimum Gasteiger partial charge on any atom is -0.481 e. The average molecular weight is 198 g/mol. The minimum absolute atomic E-state index is 0.0758. The Morgan fingerprint density at radius 3 is 2.21 bits per heavy atom. The van der Waals surface area contributed by atoms with E-state index in [9.17, 15) is 14.4 Å². The van der Waals surface area contributed by atoms with Gasteiger partial charge < -0.3 is 5.11 Å². The van der Waals surface area contributed by atoms with Crippen LogP contribution >= 0.6 is 0 Å². The highest BCUT2D eigenvalue weighted by molar-refractivity contribution is 5.96. The Labute approximate surface area is 82.6 Å². The van der Waals surface area contributed by atoms with Crippen LogP contribution in [-0.2, 0) is 14.4 Å². The van der Waals surface area contributed by atoms with Gasteiger partial charge in [0.2, 0.25) is 0 Å². The van der Waals surface area contributed by atoms with E-state index in [0.29, 0.717) is 12.0 Å². The average Bonchev–Trinajstić information content (AvgIpc) is 2.02. The number of Topliss-reactive ketones (excluding diaryl/α,β-unsaturated/α-hetero) is 2. The molecule has 4 heteroatoms. The Morgan fingerprint density at radius 1 is 1.21 bits per heavy atom. The van der Waals surface area contributed by atoms with E-state index in [-0.39, 0.29) is 24.4 Å². The zero-order valence-electron chi connectivity index (χ0n) is 8.21. The van der Waals surface area contributed by atoms with Crippen LogP contribution < -0.4 is 0 Å². The van der Waals surface area contributed by atoms with Crippen LogP contribution in [0.25, 0.3) is 0 Å². The molecule has 0 amide bonds. The third-order valence-corrected chi connectivity index (χ3v) is 1.68. The van der Waals surface area contributed by atoms with Crippen LogP contribution in [0.15, 0.2) is 12.2 Å². The van der Waals surface area contributed by atoms with Crippen molar-refractivity contribution < 1.29 is 19.5 Å². The summed E-state index contributed by atoms with van der Waals surface area (Å²) < 4.78 is 0. The third-order valence-electron chi connectivity index (χ3n) is 1.68. The first-order valence-corrected chi connectivity index (χ1v) is 4.35. The summed E-state index contributed by atoms with van der Waals surface area (Å²) >= 11 is 0. The molecule has 0 aromatic carbocycles. The van der Waals surface area contributed by atoms with E-state index in [1.54, 1.807) is 6.92 Å². The second-order valence-corrected chi connectivity index (χ2v) is 3.17. The molecule has 4 nitrogen and oxygen atoms in total. The molecule has 0 heterocycles.